The van der Waals surface area contributed by atoms with Gasteiger partial charge in [-0.05, 0) is 43.5 Å². The maximum atomic E-state index is 5.67. The van der Waals surface area contributed by atoms with Crippen LogP contribution in [0.15, 0.2) is 16.5 Å². The van der Waals surface area contributed by atoms with Crippen molar-refractivity contribution in [1.29, 1.82) is 0 Å². The highest BCUT2D eigenvalue weighted by Gasteiger charge is 2.28. The summed E-state index contributed by atoms with van der Waals surface area (Å²) in [4.78, 5) is 0. The van der Waals surface area contributed by atoms with Gasteiger partial charge in [-0.3, -0.25) is 0 Å². The van der Waals surface area contributed by atoms with Crippen LogP contribution in [0.4, 0.5) is 0 Å². The second-order valence-corrected chi connectivity index (χ2v) is 4.58. The van der Waals surface area contributed by atoms with Gasteiger partial charge in [0.05, 0.1) is 12.1 Å². The van der Waals surface area contributed by atoms with Crippen molar-refractivity contribution in [3.05, 3.63) is 23.1 Å². The van der Waals surface area contributed by atoms with E-state index in [4.69, 9.17) is 20.8 Å². The van der Waals surface area contributed by atoms with E-state index in [1.54, 1.807) is 6.07 Å². The van der Waals surface area contributed by atoms with E-state index >= 15 is 0 Å². The summed E-state index contributed by atoms with van der Waals surface area (Å²) in [7, 11) is 0. The zero-order chi connectivity index (χ0) is 10.7. The molecule has 1 aromatic rings. The number of nitrogens with one attached hydrogen (secondary N) is 1. The molecule has 1 aliphatic rings. The first-order valence-corrected chi connectivity index (χ1v) is 5.65. The van der Waals surface area contributed by atoms with Gasteiger partial charge in [-0.1, -0.05) is 0 Å². The molecule has 4 heteroatoms. The average Bonchev–Trinajstić information content (AvgIpc) is 2.76. The quantitative estimate of drug-likeness (QED) is 0.862. The molecule has 1 unspecified atom stereocenters. The van der Waals surface area contributed by atoms with Crippen LogP contribution in [0, 0.1) is 0 Å². The molecule has 0 radical (unpaired) electrons. The van der Waals surface area contributed by atoms with Gasteiger partial charge in [0, 0.05) is 13.2 Å². The molecule has 0 bridgehead atoms. The van der Waals surface area contributed by atoms with Crippen molar-refractivity contribution in [3.63, 3.8) is 0 Å². The Balaban J connectivity index is 1.75. The molecule has 1 fully saturated rings. The Morgan fingerprint density at radius 2 is 2.40 bits per heavy atom. The summed E-state index contributed by atoms with van der Waals surface area (Å²) in [5.41, 5.74) is -0.00358. The SMILES string of the molecule is CC1(CNCc2ccc(Cl)o2)CCCO1. The highest BCUT2D eigenvalue weighted by atomic mass is 35.5. The van der Waals surface area contributed by atoms with Gasteiger partial charge in [0.2, 0.25) is 0 Å². The zero-order valence-electron chi connectivity index (χ0n) is 8.88. The molecular formula is C11H16ClNO2. The van der Waals surface area contributed by atoms with Crippen molar-refractivity contribution in [1.82, 2.24) is 5.32 Å². The molecule has 1 aliphatic heterocycles. The maximum Gasteiger partial charge on any atom is 0.193 e. The second-order valence-electron chi connectivity index (χ2n) is 4.21. The number of furan rings is 1. The highest BCUT2D eigenvalue weighted by Crippen LogP contribution is 2.24. The van der Waals surface area contributed by atoms with E-state index in [1.165, 1.54) is 0 Å². The van der Waals surface area contributed by atoms with Crippen LogP contribution in [0.5, 0.6) is 0 Å². The monoisotopic (exact) mass is 229 g/mol. The topological polar surface area (TPSA) is 34.4 Å². The summed E-state index contributed by atoms with van der Waals surface area (Å²) in [5.74, 6) is 0.863. The highest BCUT2D eigenvalue weighted by molar-refractivity contribution is 6.28. The molecule has 0 aliphatic carbocycles. The molecule has 15 heavy (non-hydrogen) atoms. The second kappa shape index (κ2) is 4.56. The van der Waals surface area contributed by atoms with Gasteiger partial charge < -0.3 is 14.5 Å². The predicted molar refractivity (Wildman–Crippen MR) is 59.0 cm³/mol. The van der Waals surface area contributed by atoms with Crippen LogP contribution in [0.25, 0.3) is 0 Å². The Kier molecular flexibility index (Phi) is 3.34. The molecule has 2 rings (SSSR count). The molecule has 1 atom stereocenters. The molecule has 0 amide bonds. The van der Waals surface area contributed by atoms with E-state index in [2.05, 4.69) is 12.2 Å². The molecule has 1 saturated heterocycles. The normalized spacial score (nSPS) is 26.0. The van der Waals surface area contributed by atoms with Crippen LogP contribution in [-0.2, 0) is 11.3 Å². The molecule has 0 spiro atoms. The van der Waals surface area contributed by atoms with Crippen LogP contribution in [-0.4, -0.2) is 18.8 Å². The number of hydrogen-bond acceptors (Lipinski definition) is 3. The summed E-state index contributed by atoms with van der Waals surface area (Å²) < 4.78 is 10.9. The first-order chi connectivity index (χ1) is 7.18. The summed E-state index contributed by atoms with van der Waals surface area (Å²) in [6.45, 7) is 4.57. The standard InChI is InChI=1S/C11H16ClNO2/c1-11(5-2-6-14-11)8-13-7-9-3-4-10(12)15-9/h3-4,13H,2,5-8H2,1H3. The minimum Gasteiger partial charge on any atom is -0.448 e. The lowest BCUT2D eigenvalue weighted by Crippen LogP contribution is -2.36. The van der Waals surface area contributed by atoms with Crippen molar-refractivity contribution in [3.8, 4) is 0 Å². The largest absolute Gasteiger partial charge is 0.448 e. The fraction of sp³-hybridized carbons (Fsp3) is 0.636. The van der Waals surface area contributed by atoms with Crippen molar-refractivity contribution in [2.24, 2.45) is 0 Å². The summed E-state index contributed by atoms with van der Waals surface area (Å²) in [5, 5.41) is 3.76. The van der Waals surface area contributed by atoms with Crippen LogP contribution in [0.2, 0.25) is 5.22 Å². The third-order valence-electron chi connectivity index (χ3n) is 2.73. The van der Waals surface area contributed by atoms with Gasteiger partial charge in [-0.2, -0.15) is 0 Å². The third-order valence-corrected chi connectivity index (χ3v) is 2.93. The zero-order valence-corrected chi connectivity index (χ0v) is 9.64. The maximum absolute atomic E-state index is 5.67. The van der Waals surface area contributed by atoms with Crippen LogP contribution in [0.1, 0.15) is 25.5 Å². The Labute approximate surface area is 94.7 Å². The molecular weight excluding hydrogens is 214 g/mol. The van der Waals surface area contributed by atoms with Gasteiger partial charge in [-0.25, -0.2) is 0 Å². The molecule has 0 saturated carbocycles. The van der Waals surface area contributed by atoms with Gasteiger partial charge in [-0.15, -0.1) is 0 Å². The Hall–Kier alpha value is -0.510. The smallest absolute Gasteiger partial charge is 0.193 e. The molecule has 1 N–H and O–H groups in total. The lowest BCUT2D eigenvalue weighted by molar-refractivity contribution is 0.0204. The van der Waals surface area contributed by atoms with E-state index in [1.807, 2.05) is 6.07 Å². The van der Waals surface area contributed by atoms with Gasteiger partial charge >= 0.3 is 0 Å². The molecule has 3 nitrogen and oxygen atoms in total. The first kappa shape index (κ1) is 11.0. The molecule has 2 heterocycles. The Morgan fingerprint density at radius 3 is 3.00 bits per heavy atom. The van der Waals surface area contributed by atoms with E-state index < -0.39 is 0 Å². The number of ether oxygens (including phenoxy) is 1. The predicted octanol–water partition coefficient (Wildman–Crippen LogP) is 2.59. The van der Waals surface area contributed by atoms with E-state index in [9.17, 15) is 0 Å². The van der Waals surface area contributed by atoms with Crippen LogP contribution >= 0.6 is 11.6 Å². The average molecular weight is 230 g/mol. The van der Waals surface area contributed by atoms with Crippen molar-refractivity contribution in [2.75, 3.05) is 13.2 Å². The Morgan fingerprint density at radius 1 is 1.53 bits per heavy atom. The van der Waals surface area contributed by atoms with Gasteiger partial charge in [0.25, 0.3) is 0 Å². The van der Waals surface area contributed by atoms with Crippen molar-refractivity contribution in [2.45, 2.75) is 31.9 Å². The summed E-state index contributed by atoms with van der Waals surface area (Å²) in [6, 6.07) is 3.64. The minimum atomic E-state index is -0.00358. The number of hydrogen-bond donors (Lipinski definition) is 1. The van der Waals surface area contributed by atoms with E-state index in [-0.39, 0.29) is 5.60 Å². The van der Waals surface area contributed by atoms with E-state index in [0.29, 0.717) is 11.8 Å². The minimum absolute atomic E-state index is 0.00358. The van der Waals surface area contributed by atoms with Crippen molar-refractivity contribution >= 4 is 11.6 Å². The van der Waals surface area contributed by atoms with E-state index in [0.717, 1.165) is 31.8 Å². The third kappa shape index (κ3) is 2.97. The molecule has 0 aromatic carbocycles. The molecule has 84 valence electrons. The number of rotatable bonds is 4. The van der Waals surface area contributed by atoms with Crippen LogP contribution < -0.4 is 5.32 Å². The summed E-state index contributed by atoms with van der Waals surface area (Å²) >= 11 is 5.67. The lowest BCUT2D eigenvalue weighted by Gasteiger charge is -2.23. The Bertz CT molecular complexity index is 318. The first-order valence-electron chi connectivity index (χ1n) is 5.27. The lowest BCUT2D eigenvalue weighted by atomic mass is 10.0. The fourth-order valence-electron chi connectivity index (χ4n) is 1.87. The van der Waals surface area contributed by atoms with Gasteiger partial charge in [0.1, 0.15) is 5.76 Å². The van der Waals surface area contributed by atoms with Gasteiger partial charge in [0.15, 0.2) is 5.22 Å². The van der Waals surface area contributed by atoms with Crippen LogP contribution in [0.3, 0.4) is 0 Å². The fourth-order valence-corrected chi connectivity index (χ4v) is 2.04. The number of halogens is 1. The molecule has 1 aromatic heterocycles. The summed E-state index contributed by atoms with van der Waals surface area (Å²) in [6.07, 6.45) is 2.28. The van der Waals surface area contributed by atoms with Crippen molar-refractivity contribution < 1.29 is 9.15 Å².